The van der Waals surface area contributed by atoms with Crippen LogP contribution in [0.5, 0.6) is 0 Å². The molecule has 2 bridgehead atoms. The maximum absolute atomic E-state index is 12.1. The zero-order valence-corrected chi connectivity index (χ0v) is 12.4. The van der Waals surface area contributed by atoms with Gasteiger partial charge in [0.2, 0.25) is 0 Å². The lowest BCUT2D eigenvalue weighted by molar-refractivity contribution is 0.0488. The fourth-order valence-electron chi connectivity index (χ4n) is 5.87. The van der Waals surface area contributed by atoms with Crippen LogP contribution in [-0.4, -0.2) is 18.2 Å². The number of nitrogens with one attached hydrogen (secondary N) is 1. The van der Waals surface area contributed by atoms with E-state index in [2.05, 4.69) is 5.32 Å². The zero-order valence-electron chi connectivity index (χ0n) is 12.4. The summed E-state index contributed by atoms with van der Waals surface area (Å²) in [6.07, 6.45) is 14.2. The van der Waals surface area contributed by atoms with Crippen molar-refractivity contribution < 1.29 is 9.53 Å². The number of hydrogen-bond acceptors (Lipinski definition) is 2. The summed E-state index contributed by atoms with van der Waals surface area (Å²) in [6.45, 7) is 0. The maximum atomic E-state index is 12.1. The van der Waals surface area contributed by atoms with Gasteiger partial charge in [0.05, 0.1) is 0 Å². The Morgan fingerprint density at radius 2 is 1.85 bits per heavy atom. The molecule has 1 amide bonds. The van der Waals surface area contributed by atoms with Crippen molar-refractivity contribution in [1.29, 1.82) is 0 Å². The Hall–Kier alpha value is -0.730. The number of carbonyl (C=O) groups excluding carboxylic acids is 1. The highest BCUT2D eigenvalue weighted by Gasteiger charge is 2.60. The number of hydrogen-bond donors (Lipinski definition) is 1. The van der Waals surface area contributed by atoms with Crippen LogP contribution >= 0.6 is 0 Å². The van der Waals surface area contributed by atoms with E-state index in [4.69, 9.17) is 4.74 Å². The minimum absolute atomic E-state index is 0.135. The average molecular weight is 277 g/mol. The van der Waals surface area contributed by atoms with E-state index < -0.39 is 0 Å². The highest BCUT2D eigenvalue weighted by atomic mass is 16.6. The molecule has 4 aliphatic carbocycles. The van der Waals surface area contributed by atoms with Gasteiger partial charge in [-0.1, -0.05) is 25.7 Å². The van der Waals surface area contributed by atoms with Crippen LogP contribution in [0, 0.1) is 17.3 Å². The third-order valence-corrected chi connectivity index (χ3v) is 6.74. The first-order chi connectivity index (χ1) is 9.77. The zero-order chi connectivity index (χ0) is 13.6. The standard InChI is InChI=1S/C17H27NO2/c19-16(18-12-5-2-1-3-6-12)20-15-11-17-9-4-7-14(17)13(15)8-10-17/h12-15H,1-11H2,(H,18,19)/t13-,14-,15-,17+/m1/s1. The first kappa shape index (κ1) is 13.0. The number of ether oxygens (including phenoxy) is 1. The van der Waals surface area contributed by atoms with Crippen molar-refractivity contribution in [2.24, 2.45) is 17.3 Å². The molecule has 0 radical (unpaired) electrons. The van der Waals surface area contributed by atoms with E-state index in [1.165, 1.54) is 51.4 Å². The Morgan fingerprint density at radius 1 is 1.00 bits per heavy atom. The van der Waals surface area contributed by atoms with Crippen LogP contribution in [0.1, 0.15) is 70.6 Å². The number of amides is 1. The number of alkyl carbamates (subject to hydrolysis) is 1. The van der Waals surface area contributed by atoms with E-state index in [1.807, 2.05) is 0 Å². The lowest BCUT2D eigenvalue weighted by Crippen LogP contribution is -2.39. The van der Waals surface area contributed by atoms with Crippen molar-refractivity contribution in [3.63, 3.8) is 0 Å². The summed E-state index contributed by atoms with van der Waals surface area (Å²) >= 11 is 0. The monoisotopic (exact) mass is 277 g/mol. The first-order valence-electron chi connectivity index (χ1n) is 8.74. The van der Waals surface area contributed by atoms with Gasteiger partial charge >= 0.3 is 6.09 Å². The van der Waals surface area contributed by atoms with Crippen LogP contribution < -0.4 is 5.32 Å². The quantitative estimate of drug-likeness (QED) is 0.828. The van der Waals surface area contributed by atoms with Crippen LogP contribution in [0.25, 0.3) is 0 Å². The Labute approximate surface area is 121 Å². The van der Waals surface area contributed by atoms with Gasteiger partial charge in [-0.05, 0) is 62.2 Å². The summed E-state index contributed by atoms with van der Waals surface area (Å²) in [5.41, 5.74) is 0.570. The molecule has 4 rings (SSSR count). The van der Waals surface area contributed by atoms with Crippen molar-refractivity contribution >= 4 is 6.09 Å². The smallest absolute Gasteiger partial charge is 0.407 e. The van der Waals surface area contributed by atoms with Crippen LogP contribution in [0.2, 0.25) is 0 Å². The molecule has 112 valence electrons. The van der Waals surface area contributed by atoms with Gasteiger partial charge in [-0.15, -0.1) is 0 Å². The van der Waals surface area contributed by atoms with Gasteiger partial charge in [-0.2, -0.15) is 0 Å². The molecule has 0 saturated heterocycles. The highest BCUT2D eigenvalue weighted by Crippen LogP contribution is 2.66. The van der Waals surface area contributed by atoms with Crippen LogP contribution in [0.4, 0.5) is 4.79 Å². The van der Waals surface area contributed by atoms with Gasteiger partial charge in [-0.3, -0.25) is 0 Å². The Balaban J connectivity index is 1.33. The molecule has 0 aliphatic heterocycles. The van der Waals surface area contributed by atoms with Gasteiger partial charge in [0.25, 0.3) is 0 Å². The van der Waals surface area contributed by atoms with Gasteiger partial charge in [0, 0.05) is 6.04 Å². The second-order valence-electron chi connectivity index (χ2n) is 7.69. The molecule has 20 heavy (non-hydrogen) atoms. The lowest BCUT2D eigenvalue weighted by atomic mass is 9.80. The molecule has 4 fully saturated rings. The minimum atomic E-state index is -0.135. The van der Waals surface area contributed by atoms with Crippen molar-refractivity contribution in [3.05, 3.63) is 0 Å². The van der Waals surface area contributed by atoms with E-state index in [-0.39, 0.29) is 12.2 Å². The molecular weight excluding hydrogens is 250 g/mol. The summed E-state index contributed by atoms with van der Waals surface area (Å²) in [7, 11) is 0. The molecule has 0 spiro atoms. The molecule has 3 nitrogen and oxygen atoms in total. The lowest BCUT2D eigenvalue weighted by Gasteiger charge is -2.29. The summed E-state index contributed by atoms with van der Waals surface area (Å²) in [4.78, 5) is 12.1. The fraction of sp³-hybridized carbons (Fsp3) is 0.941. The maximum Gasteiger partial charge on any atom is 0.407 e. The number of rotatable bonds is 2. The predicted molar refractivity (Wildman–Crippen MR) is 77.4 cm³/mol. The molecule has 4 atom stereocenters. The third kappa shape index (κ3) is 2.05. The van der Waals surface area contributed by atoms with Crippen molar-refractivity contribution in [1.82, 2.24) is 5.32 Å². The van der Waals surface area contributed by atoms with Crippen LogP contribution in [0.3, 0.4) is 0 Å². The molecule has 0 aromatic carbocycles. The van der Waals surface area contributed by atoms with E-state index in [9.17, 15) is 4.79 Å². The van der Waals surface area contributed by atoms with Crippen molar-refractivity contribution in [2.45, 2.75) is 82.8 Å². The van der Waals surface area contributed by atoms with Gasteiger partial charge in [0.1, 0.15) is 6.10 Å². The molecule has 4 aliphatic rings. The van der Waals surface area contributed by atoms with E-state index in [0.717, 1.165) is 25.2 Å². The molecule has 0 heterocycles. The molecule has 3 heteroatoms. The normalized spacial score (nSPS) is 43.5. The van der Waals surface area contributed by atoms with E-state index in [0.29, 0.717) is 17.4 Å². The molecular formula is C17H27NO2. The SMILES string of the molecule is O=C(NC1CCCCC1)O[C@@H]1C[C@@]23CCC[C@@H]2[C@H]1CC3. The Bertz CT molecular complexity index is 386. The Morgan fingerprint density at radius 3 is 2.65 bits per heavy atom. The largest absolute Gasteiger partial charge is 0.446 e. The third-order valence-electron chi connectivity index (χ3n) is 6.74. The summed E-state index contributed by atoms with van der Waals surface area (Å²) in [5.74, 6) is 1.55. The Kier molecular flexibility index (Phi) is 3.19. The van der Waals surface area contributed by atoms with Crippen molar-refractivity contribution in [3.8, 4) is 0 Å². The van der Waals surface area contributed by atoms with Crippen LogP contribution in [-0.2, 0) is 4.74 Å². The van der Waals surface area contributed by atoms with Crippen molar-refractivity contribution in [2.75, 3.05) is 0 Å². The van der Waals surface area contributed by atoms with Gasteiger partial charge < -0.3 is 10.1 Å². The number of carbonyl (C=O) groups is 1. The molecule has 4 saturated carbocycles. The predicted octanol–water partition coefficient (Wildman–Crippen LogP) is 4.01. The molecule has 1 N–H and O–H groups in total. The van der Waals surface area contributed by atoms with Crippen LogP contribution in [0.15, 0.2) is 0 Å². The summed E-state index contributed by atoms with van der Waals surface area (Å²) < 4.78 is 5.83. The topological polar surface area (TPSA) is 38.3 Å². The molecule has 0 aromatic heterocycles. The second-order valence-corrected chi connectivity index (χ2v) is 7.69. The fourth-order valence-corrected chi connectivity index (χ4v) is 5.87. The van der Waals surface area contributed by atoms with E-state index in [1.54, 1.807) is 0 Å². The second kappa shape index (κ2) is 4.92. The average Bonchev–Trinajstić information content (AvgIpc) is 3.04. The summed E-state index contributed by atoms with van der Waals surface area (Å²) in [5, 5.41) is 3.11. The molecule has 0 aromatic rings. The minimum Gasteiger partial charge on any atom is -0.446 e. The van der Waals surface area contributed by atoms with E-state index >= 15 is 0 Å². The highest BCUT2D eigenvalue weighted by molar-refractivity contribution is 5.68. The first-order valence-corrected chi connectivity index (χ1v) is 8.74. The summed E-state index contributed by atoms with van der Waals surface area (Å²) in [6, 6.07) is 0.368. The van der Waals surface area contributed by atoms with Gasteiger partial charge in [0.15, 0.2) is 0 Å². The molecule has 0 unspecified atom stereocenters. The van der Waals surface area contributed by atoms with Gasteiger partial charge in [-0.25, -0.2) is 4.79 Å².